The Labute approximate surface area is 121 Å². The fraction of sp³-hybridized carbons (Fsp3) is 0.538. The molecule has 1 heterocycles. The molecule has 21 heavy (non-hydrogen) atoms. The maximum Gasteiger partial charge on any atom is 0.280 e. The Morgan fingerprint density at radius 1 is 1.33 bits per heavy atom. The van der Waals surface area contributed by atoms with Crippen molar-refractivity contribution in [3.05, 3.63) is 44.0 Å². The highest BCUT2D eigenvalue weighted by molar-refractivity contribution is 5.49. The maximum atomic E-state index is 11.1. The molecule has 0 spiro atoms. The van der Waals surface area contributed by atoms with Crippen LogP contribution in [0.4, 0.5) is 11.4 Å². The number of nitrogens with zero attached hydrogens (tertiary/aromatic N) is 3. The van der Waals surface area contributed by atoms with E-state index in [9.17, 15) is 25.3 Å². The predicted octanol–water partition coefficient (Wildman–Crippen LogP) is 1.71. The van der Waals surface area contributed by atoms with Crippen molar-refractivity contribution < 1.29 is 15.0 Å². The number of hydrogen-bond acceptors (Lipinski definition) is 6. The second kappa shape index (κ2) is 6.15. The van der Waals surface area contributed by atoms with Gasteiger partial charge in [0.25, 0.3) is 11.4 Å². The van der Waals surface area contributed by atoms with E-state index in [0.29, 0.717) is 18.7 Å². The molecule has 2 atom stereocenters. The number of β-amino-alcohol motifs (C(OH)–C–C–N with tert-alkyl or cyclic N) is 1. The number of aliphatic hydroxyl groups is 1. The Morgan fingerprint density at radius 2 is 2.05 bits per heavy atom. The molecule has 0 saturated carbocycles. The van der Waals surface area contributed by atoms with Gasteiger partial charge < -0.3 is 5.11 Å². The number of piperidine rings is 1. The second-order valence-corrected chi connectivity index (χ2v) is 5.40. The third-order valence-electron chi connectivity index (χ3n) is 3.87. The van der Waals surface area contributed by atoms with Gasteiger partial charge in [-0.1, -0.05) is 6.92 Å². The van der Waals surface area contributed by atoms with Gasteiger partial charge >= 0.3 is 0 Å². The Kier molecular flexibility index (Phi) is 4.49. The van der Waals surface area contributed by atoms with Gasteiger partial charge in [0.1, 0.15) is 0 Å². The highest BCUT2D eigenvalue weighted by Crippen LogP contribution is 2.27. The fourth-order valence-corrected chi connectivity index (χ4v) is 2.47. The second-order valence-electron chi connectivity index (χ2n) is 5.40. The normalized spacial score (nSPS) is 23.0. The average Bonchev–Trinajstić information content (AvgIpc) is 2.43. The van der Waals surface area contributed by atoms with Gasteiger partial charge in [0, 0.05) is 24.7 Å². The molecule has 1 aromatic rings. The first-order valence-electron chi connectivity index (χ1n) is 6.70. The summed E-state index contributed by atoms with van der Waals surface area (Å²) in [5.41, 5.74) is -0.123. The van der Waals surface area contributed by atoms with Crippen molar-refractivity contribution in [3.63, 3.8) is 0 Å². The summed E-state index contributed by atoms with van der Waals surface area (Å²) in [7, 11) is 0. The molecular formula is C13H17N3O5. The summed E-state index contributed by atoms with van der Waals surface area (Å²) in [5.74, 6) is 0.216. The molecule has 0 bridgehead atoms. The summed E-state index contributed by atoms with van der Waals surface area (Å²) < 4.78 is 0. The van der Waals surface area contributed by atoms with E-state index in [1.165, 1.54) is 12.1 Å². The zero-order valence-electron chi connectivity index (χ0n) is 11.6. The van der Waals surface area contributed by atoms with E-state index in [-0.39, 0.29) is 17.3 Å². The van der Waals surface area contributed by atoms with Gasteiger partial charge in [-0.2, -0.15) is 0 Å². The molecule has 0 amide bonds. The quantitative estimate of drug-likeness (QED) is 0.668. The van der Waals surface area contributed by atoms with Crippen LogP contribution in [0, 0.1) is 26.1 Å². The highest BCUT2D eigenvalue weighted by Gasteiger charge is 2.27. The first kappa shape index (κ1) is 15.3. The number of rotatable bonds is 4. The molecule has 2 unspecified atom stereocenters. The number of non-ortho nitro benzene ring substituents is 1. The maximum absolute atomic E-state index is 11.1. The standard InChI is InChI=1S/C13H17N3O5/c1-9-4-5-14(8-13(9)17)7-10-2-3-11(15(18)19)6-12(10)16(20)21/h2-3,6,9,13,17H,4-5,7-8H2,1H3. The summed E-state index contributed by atoms with van der Waals surface area (Å²) in [6.07, 6.45) is 0.373. The smallest absolute Gasteiger partial charge is 0.280 e. The molecule has 1 aliphatic heterocycles. The van der Waals surface area contributed by atoms with E-state index in [4.69, 9.17) is 0 Å². The third kappa shape index (κ3) is 3.53. The lowest BCUT2D eigenvalue weighted by atomic mass is 9.95. The lowest BCUT2D eigenvalue weighted by Crippen LogP contribution is -2.42. The van der Waals surface area contributed by atoms with Crippen LogP contribution in [-0.2, 0) is 6.54 Å². The van der Waals surface area contributed by atoms with Crippen LogP contribution >= 0.6 is 0 Å². The summed E-state index contributed by atoms with van der Waals surface area (Å²) in [6, 6.07) is 3.67. The number of nitro benzene ring substituents is 2. The van der Waals surface area contributed by atoms with Gasteiger partial charge in [-0.25, -0.2) is 0 Å². The summed E-state index contributed by atoms with van der Waals surface area (Å²) in [5, 5.41) is 31.6. The number of hydrogen-bond donors (Lipinski definition) is 1. The summed E-state index contributed by atoms with van der Waals surface area (Å²) in [6.45, 7) is 3.47. The first-order valence-corrected chi connectivity index (χ1v) is 6.70. The topological polar surface area (TPSA) is 110 Å². The van der Waals surface area contributed by atoms with Gasteiger partial charge in [-0.3, -0.25) is 25.1 Å². The van der Waals surface area contributed by atoms with Crippen LogP contribution in [0.25, 0.3) is 0 Å². The van der Waals surface area contributed by atoms with Crippen LogP contribution in [-0.4, -0.2) is 39.0 Å². The average molecular weight is 295 g/mol. The van der Waals surface area contributed by atoms with Crippen molar-refractivity contribution in [2.24, 2.45) is 5.92 Å². The van der Waals surface area contributed by atoms with Gasteiger partial charge in [0.05, 0.1) is 22.0 Å². The van der Waals surface area contributed by atoms with E-state index in [0.717, 1.165) is 19.0 Å². The minimum Gasteiger partial charge on any atom is -0.392 e. The molecular weight excluding hydrogens is 278 g/mol. The van der Waals surface area contributed by atoms with Crippen LogP contribution in [0.2, 0.25) is 0 Å². The zero-order valence-corrected chi connectivity index (χ0v) is 11.6. The minimum atomic E-state index is -0.650. The molecule has 8 nitrogen and oxygen atoms in total. The summed E-state index contributed by atoms with van der Waals surface area (Å²) >= 11 is 0. The molecule has 1 saturated heterocycles. The third-order valence-corrected chi connectivity index (χ3v) is 3.87. The molecule has 1 fully saturated rings. The molecule has 8 heteroatoms. The molecule has 114 valence electrons. The van der Waals surface area contributed by atoms with Gasteiger partial charge in [0.2, 0.25) is 0 Å². The van der Waals surface area contributed by atoms with Crippen LogP contribution in [0.5, 0.6) is 0 Å². The monoisotopic (exact) mass is 295 g/mol. The minimum absolute atomic E-state index is 0.216. The van der Waals surface area contributed by atoms with Crippen molar-refractivity contribution in [2.75, 3.05) is 13.1 Å². The van der Waals surface area contributed by atoms with E-state index in [1.54, 1.807) is 0 Å². The Balaban J connectivity index is 2.19. The predicted molar refractivity (Wildman–Crippen MR) is 74.8 cm³/mol. The van der Waals surface area contributed by atoms with Gasteiger partial charge in [-0.15, -0.1) is 0 Å². The highest BCUT2D eigenvalue weighted by atomic mass is 16.6. The largest absolute Gasteiger partial charge is 0.392 e. The Morgan fingerprint density at radius 3 is 2.62 bits per heavy atom. The van der Waals surface area contributed by atoms with E-state index < -0.39 is 16.0 Å². The molecule has 2 rings (SSSR count). The van der Waals surface area contributed by atoms with Crippen LogP contribution in [0.1, 0.15) is 18.9 Å². The molecule has 1 aliphatic rings. The van der Waals surface area contributed by atoms with E-state index in [1.807, 2.05) is 11.8 Å². The van der Waals surface area contributed by atoms with Crippen LogP contribution in [0.3, 0.4) is 0 Å². The Hall–Kier alpha value is -2.06. The number of nitro groups is 2. The number of benzene rings is 1. The van der Waals surface area contributed by atoms with Crippen molar-refractivity contribution >= 4 is 11.4 Å². The van der Waals surface area contributed by atoms with Crippen LogP contribution < -0.4 is 0 Å². The molecule has 0 radical (unpaired) electrons. The van der Waals surface area contributed by atoms with Gasteiger partial charge in [-0.05, 0) is 24.9 Å². The van der Waals surface area contributed by atoms with Crippen molar-refractivity contribution in [2.45, 2.75) is 26.0 Å². The molecule has 0 aromatic heterocycles. The fourth-order valence-electron chi connectivity index (χ4n) is 2.47. The SMILES string of the molecule is CC1CCN(Cc2ccc([N+](=O)[O-])cc2[N+](=O)[O-])CC1O. The van der Waals surface area contributed by atoms with E-state index in [2.05, 4.69) is 0 Å². The van der Waals surface area contributed by atoms with Crippen molar-refractivity contribution in [1.29, 1.82) is 0 Å². The van der Waals surface area contributed by atoms with Gasteiger partial charge in [0.15, 0.2) is 0 Å². The van der Waals surface area contributed by atoms with Crippen molar-refractivity contribution in [3.8, 4) is 0 Å². The first-order chi connectivity index (χ1) is 9.88. The molecule has 1 N–H and O–H groups in total. The number of likely N-dealkylation sites (tertiary alicyclic amines) is 1. The lowest BCUT2D eigenvalue weighted by molar-refractivity contribution is -0.394. The molecule has 0 aliphatic carbocycles. The number of aliphatic hydroxyl groups excluding tert-OH is 1. The van der Waals surface area contributed by atoms with E-state index >= 15 is 0 Å². The van der Waals surface area contributed by atoms with Crippen molar-refractivity contribution in [1.82, 2.24) is 4.90 Å². The van der Waals surface area contributed by atoms with Crippen LogP contribution in [0.15, 0.2) is 18.2 Å². The zero-order chi connectivity index (χ0) is 15.6. The Bertz CT molecular complexity index is 563. The molecule has 1 aromatic carbocycles. The lowest BCUT2D eigenvalue weighted by Gasteiger charge is -2.34. The summed E-state index contributed by atoms with van der Waals surface area (Å²) in [4.78, 5) is 22.4.